The van der Waals surface area contributed by atoms with Crippen LogP contribution in [0.15, 0.2) is 0 Å². The molecule has 0 spiro atoms. The van der Waals surface area contributed by atoms with Gasteiger partial charge >= 0.3 is 12.1 Å². The molecular weight excluding hydrogens is 248 g/mol. The lowest BCUT2D eigenvalue weighted by molar-refractivity contribution is -0.144. The molecule has 0 radical (unpaired) electrons. The molecular formula is C13H24N2O4. The van der Waals surface area contributed by atoms with Crippen LogP contribution in [-0.4, -0.2) is 54.8 Å². The molecule has 1 atom stereocenters. The molecule has 0 saturated carbocycles. The van der Waals surface area contributed by atoms with Gasteiger partial charge in [0.2, 0.25) is 0 Å². The minimum absolute atomic E-state index is 0.0691. The summed E-state index contributed by atoms with van der Waals surface area (Å²) in [4.78, 5) is 25.0. The van der Waals surface area contributed by atoms with Crippen LogP contribution in [0, 0.1) is 0 Å². The molecule has 0 aromatic rings. The van der Waals surface area contributed by atoms with Crippen LogP contribution >= 0.6 is 0 Å². The summed E-state index contributed by atoms with van der Waals surface area (Å²) < 4.78 is 10.2. The minimum atomic E-state index is -0.501. The normalized spacial score (nSPS) is 20.0. The molecule has 1 heterocycles. The van der Waals surface area contributed by atoms with Crippen molar-refractivity contribution in [3.8, 4) is 0 Å². The van der Waals surface area contributed by atoms with Crippen LogP contribution in [0.2, 0.25) is 0 Å². The summed E-state index contributed by atoms with van der Waals surface area (Å²) in [5.41, 5.74) is -0.501. The third-order valence-corrected chi connectivity index (χ3v) is 2.63. The number of rotatable bonds is 3. The van der Waals surface area contributed by atoms with Crippen LogP contribution in [0.25, 0.3) is 0 Å². The first kappa shape index (κ1) is 15.8. The second-order valence-corrected chi connectivity index (χ2v) is 5.59. The molecule has 0 aliphatic carbocycles. The van der Waals surface area contributed by atoms with Gasteiger partial charge in [-0.2, -0.15) is 0 Å². The van der Waals surface area contributed by atoms with E-state index >= 15 is 0 Å². The van der Waals surface area contributed by atoms with Crippen LogP contribution in [0.5, 0.6) is 0 Å². The Morgan fingerprint density at radius 2 is 2.05 bits per heavy atom. The van der Waals surface area contributed by atoms with Gasteiger partial charge in [0.25, 0.3) is 0 Å². The van der Waals surface area contributed by atoms with Crippen LogP contribution in [-0.2, 0) is 14.3 Å². The van der Waals surface area contributed by atoms with Crippen LogP contribution < -0.4 is 5.32 Å². The highest BCUT2D eigenvalue weighted by molar-refractivity contribution is 5.71. The SMILES string of the molecule is CCOC(=O)C[C@@H]1CN(C(=O)OC(C)(C)C)CCN1. The lowest BCUT2D eigenvalue weighted by atomic mass is 10.1. The number of nitrogens with zero attached hydrogens (tertiary/aromatic N) is 1. The maximum Gasteiger partial charge on any atom is 0.410 e. The molecule has 1 aliphatic heterocycles. The summed E-state index contributed by atoms with van der Waals surface area (Å²) >= 11 is 0. The summed E-state index contributed by atoms with van der Waals surface area (Å²) in [5.74, 6) is -0.244. The van der Waals surface area contributed by atoms with Crippen molar-refractivity contribution < 1.29 is 19.1 Å². The second kappa shape index (κ2) is 6.75. The Labute approximate surface area is 114 Å². The van der Waals surface area contributed by atoms with Crippen molar-refractivity contribution in [2.24, 2.45) is 0 Å². The molecule has 6 nitrogen and oxygen atoms in total. The zero-order valence-electron chi connectivity index (χ0n) is 12.2. The van der Waals surface area contributed by atoms with E-state index in [0.717, 1.165) is 0 Å². The van der Waals surface area contributed by atoms with Crippen molar-refractivity contribution in [2.45, 2.75) is 45.8 Å². The summed E-state index contributed by atoms with van der Waals surface area (Å²) in [6.07, 6.45) is -0.0597. The quantitative estimate of drug-likeness (QED) is 0.781. The molecule has 0 unspecified atom stereocenters. The summed E-state index contributed by atoms with van der Waals surface area (Å²) in [7, 11) is 0. The fourth-order valence-electron chi connectivity index (χ4n) is 1.88. The number of esters is 1. The lowest BCUT2D eigenvalue weighted by Gasteiger charge is -2.34. The Hall–Kier alpha value is -1.30. The zero-order valence-corrected chi connectivity index (χ0v) is 12.2. The highest BCUT2D eigenvalue weighted by Gasteiger charge is 2.28. The third kappa shape index (κ3) is 5.92. The smallest absolute Gasteiger partial charge is 0.410 e. The maximum atomic E-state index is 11.9. The Bertz CT molecular complexity index is 325. The standard InChI is InChI=1S/C13H24N2O4/c1-5-18-11(16)8-10-9-15(7-6-14-10)12(17)19-13(2,3)4/h10,14H,5-9H2,1-4H3/t10-/m1/s1. The molecule has 1 amide bonds. The number of nitrogens with one attached hydrogen (secondary N) is 1. The number of ether oxygens (including phenoxy) is 2. The molecule has 0 aromatic heterocycles. The molecule has 110 valence electrons. The van der Waals surface area contributed by atoms with Crippen molar-refractivity contribution in [3.05, 3.63) is 0 Å². The lowest BCUT2D eigenvalue weighted by Crippen LogP contribution is -2.54. The number of hydrogen-bond donors (Lipinski definition) is 1. The fraction of sp³-hybridized carbons (Fsp3) is 0.846. The fourth-order valence-corrected chi connectivity index (χ4v) is 1.88. The first-order chi connectivity index (χ1) is 8.81. The molecule has 1 rings (SSSR count). The monoisotopic (exact) mass is 272 g/mol. The molecule has 1 N–H and O–H groups in total. The molecule has 0 bridgehead atoms. The first-order valence-corrected chi connectivity index (χ1v) is 6.68. The molecule has 6 heteroatoms. The minimum Gasteiger partial charge on any atom is -0.466 e. The van der Waals surface area contributed by atoms with Gasteiger partial charge in [0.15, 0.2) is 0 Å². The van der Waals surface area contributed by atoms with Gasteiger partial charge in [-0.15, -0.1) is 0 Å². The van der Waals surface area contributed by atoms with Crippen LogP contribution in [0.3, 0.4) is 0 Å². The zero-order chi connectivity index (χ0) is 14.5. The first-order valence-electron chi connectivity index (χ1n) is 6.68. The van der Waals surface area contributed by atoms with Crippen LogP contribution in [0.4, 0.5) is 4.79 Å². The molecule has 1 fully saturated rings. The Kier molecular flexibility index (Phi) is 5.60. The predicted octanol–water partition coefficient (Wildman–Crippen LogP) is 1.15. The van der Waals surface area contributed by atoms with Gasteiger partial charge in [0.05, 0.1) is 13.0 Å². The number of hydrogen-bond acceptors (Lipinski definition) is 5. The molecule has 19 heavy (non-hydrogen) atoms. The molecule has 0 aromatic carbocycles. The average molecular weight is 272 g/mol. The van der Waals surface area contributed by atoms with Gasteiger partial charge in [0.1, 0.15) is 5.60 Å². The predicted molar refractivity (Wildman–Crippen MR) is 70.8 cm³/mol. The van der Waals surface area contributed by atoms with E-state index in [1.165, 1.54) is 0 Å². The highest BCUT2D eigenvalue weighted by Crippen LogP contribution is 2.12. The highest BCUT2D eigenvalue weighted by atomic mass is 16.6. The van der Waals surface area contributed by atoms with Gasteiger partial charge in [-0.3, -0.25) is 4.79 Å². The van der Waals surface area contributed by atoms with E-state index < -0.39 is 5.60 Å². The van der Waals surface area contributed by atoms with E-state index in [2.05, 4.69) is 5.32 Å². The Morgan fingerprint density at radius 3 is 2.63 bits per heavy atom. The van der Waals surface area contributed by atoms with E-state index in [9.17, 15) is 9.59 Å². The number of piperazine rings is 1. The number of amides is 1. The second-order valence-electron chi connectivity index (χ2n) is 5.59. The van der Waals surface area contributed by atoms with Crippen molar-refractivity contribution in [3.63, 3.8) is 0 Å². The van der Waals surface area contributed by atoms with E-state index in [-0.39, 0.29) is 24.5 Å². The topological polar surface area (TPSA) is 67.9 Å². The summed E-state index contributed by atoms with van der Waals surface area (Å²) in [6.45, 7) is 9.38. The van der Waals surface area contributed by atoms with Gasteiger partial charge in [-0.05, 0) is 27.7 Å². The van der Waals surface area contributed by atoms with Gasteiger partial charge in [-0.1, -0.05) is 0 Å². The summed E-state index contributed by atoms with van der Waals surface area (Å²) in [6, 6.07) is -0.0691. The van der Waals surface area contributed by atoms with Gasteiger partial charge in [-0.25, -0.2) is 4.79 Å². The number of carbonyl (C=O) groups is 2. The average Bonchev–Trinajstić information content (AvgIpc) is 2.27. The van der Waals surface area contributed by atoms with E-state index in [4.69, 9.17) is 9.47 Å². The third-order valence-electron chi connectivity index (χ3n) is 2.63. The van der Waals surface area contributed by atoms with Crippen molar-refractivity contribution in [1.29, 1.82) is 0 Å². The van der Waals surface area contributed by atoms with E-state index in [1.54, 1.807) is 11.8 Å². The Morgan fingerprint density at radius 1 is 1.37 bits per heavy atom. The van der Waals surface area contributed by atoms with Crippen molar-refractivity contribution >= 4 is 12.1 Å². The summed E-state index contributed by atoms with van der Waals surface area (Å²) in [5, 5.41) is 3.21. The number of carbonyl (C=O) groups excluding carboxylic acids is 2. The van der Waals surface area contributed by atoms with Crippen molar-refractivity contribution in [1.82, 2.24) is 10.2 Å². The molecule has 1 aliphatic rings. The van der Waals surface area contributed by atoms with Gasteiger partial charge < -0.3 is 19.7 Å². The maximum absolute atomic E-state index is 11.9. The molecule has 1 saturated heterocycles. The van der Waals surface area contributed by atoms with Crippen molar-refractivity contribution in [2.75, 3.05) is 26.2 Å². The van der Waals surface area contributed by atoms with Crippen LogP contribution in [0.1, 0.15) is 34.1 Å². The Balaban J connectivity index is 2.45. The van der Waals surface area contributed by atoms with E-state index in [1.807, 2.05) is 20.8 Å². The van der Waals surface area contributed by atoms with E-state index in [0.29, 0.717) is 26.2 Å². The van der Waals surface area contributed by atoms with Gasteiger partial charge in [0, 0.05) is 25.7 Å². The largest absolute Gasteiger partial charge is 0.466 e.